The Bertz CT molecular complexity index is 2350. The van der Waals surface area contributed by atoms with Crippen molar-refractivity contribution >= 4 is 71.8 Å². The van der Waals surface area contributed by atoms with Gasteiger partial charge in [-0.3, -0.25) is 0 Å². The molecular weight excluding hydrogens is 528 g/mol. The molecule has 0 radical (unpaired) electrons. The molecule has 0 saturated carbocycles. The molecule has 0 aliphatic carbocycles. The second kappa shape index (κ2) is 9.33. The molecule has 9 rings (SSSR count). The summed E-state index contributed by atoms with van der Waals surface area (Å²) >= 11 is 0. The first-order chi connectivity index (χ1) is 21.3. The van der Waals surface area contributed by atoms with E-state index in [1.165, 1.54) is 21.9 Å². The van der Waals surface area contributed by atoms with Gasteiger partial charge in [0, 0.05) is 39.7 Å². The maximum atomic E-state index is 6.28. The summed E-state index contributed by atoms with van der Waals surface area (Å²) in [6.45, 7) is 0. The Morgan fingerprint density at radius 2 is 1.07 bits per heavy atom. The van der Waals surface area contributed by atoms with E-state index < -0.39 is 0 Å². The normalized spacial score (nSPS) is 11.7. The predicted octanol–water partition coefficient (Wildman–Crippen LogP) is 11.2. The third-order valence-corrected chi connectivity index (χ3v) is 8.31. The highest BCUT2D eigenvalue weighted by atomic mass is 16.3. The van der Waals surface area contributed by atoms with E-state index in [2.05, 4.69) is 102 Å². The third kappa shape index (κ3) is 3.81. The van der Waals surface area contributed by atoms with Crippen molar-refractivity contribution in [2.45, 2.75) is 0 Å². The highest BCUT2D eigenvalue weighted by molar-refractivity contribution is 6.07. The number of rotatable bonds is 4. The van der Waals surface area contributed by atoms with Crippen LogP contribution in [-0.4, -0.2) is 4.98 Å². The molecule has 6 aromatic carbocycles. The van der Waals surface area contributed by atoms with E-state index in [9.17, 15) is 0 Å². The average molecular weight is 553 g/mol. The van der Waals surface area contributed by atoms with Gasteiger partial charge in [-0.15, -0.1) is 0 Å². The first-order valence-electron chi connectivity index (χ1n) is 14.4. The first kappa shape index (κ1) is 23.8. The van der Waals surface area contributed by atoms with Gasteiger partial charge < -0.3 is 13.7 Å². The number of para-hydroxylation sites is 2. The minimum atomic E-state index is 0.751. The van der Waals surface area contributed by atoms with Crippen LogP contribution in [0.2, 0.25) is 0 Å². The summed E-state index contributed by atoms with van der Waals surface area (Å²) < 4.78 is 12.5. The van der Waals surface area contributed by atoms with Crippen LogP contribution >= 0.6 is 0 Å². The number of nitrogens with zero attached hydrogens (tertiary/aromatic N) is 2. The van der Waals surface area contributed by atoms with Crippen molar-refractivity contribution in [1.82, 2.24) is 4.98 Å². The highest BCUT2D eigenvalue weighted by Gasteiger charge is 2.18. The highest BCUT2D eigenvalue weighted by Crippen LogP contribution is 2.41. The monoisotopic (exact) mass is 552 g/mol. The molecule has 4 heteroatoms. The van der Waals surface area contributed by atoms with Gasteiger partial charge in [-0.25, -0.2) is 4.98 Å². The molecule has 9 aromatic rings. The Hall–Kier alpha value is -5.87. The summed E-state index contributed by atoms with van der Waals surface area (Å²) in [4.78, 5) is 7.09. The number of benzene rings is 6. The predicted molar refractivity (Wildman–Crippen MR) is 176 cm³/mol. The second-order valence-corrected chi connectivity index (χ2v) is 10.8. The van der Waals surface area contributed by atoms with Gasteiger partial charge in [0.05, 0.1) is 11.9 Å². The van der Waals surface area contributed by atoms with Crippen LogP contribution in [0.4, 0.5) is 17.1 Å². The van der Waals surface area contributed by atoms with Crippen LogP contribution in [0.5, 0.6) is 0 Å². The third-order valence-electron chi connectivity index (χ3n) is 8.31. The summed E-state index contributed by atoms with van der Waals surface area (Å²) in [5, 5.41) is 5.69. The fourth-order valence-corrected chi connectivity index (χ4v) is 6.27. The molecule has 0 aliphatic rings. The van der Waals surface area contributed by atoms with Crippen LogP contribution in [0, 0.1) is 0 Å². The molecule has 0 N–H and O–H groups in total. The van der Waals surface area contributed by atoms with Crippen molar-refractivity contribution in [2.24, 2.45) is 0 Å². The minimum Gasteiger partial charge on any atom is -0.456 e. The SMILES string of the molecule is c1ccc2c(-c3ccc(N(c4ccc5c(c4)oc4ccccc45)c4cnc5c(c4)oc4ccccc45)cc3)cccc2c1. The molecule has 0 amide bonds. The fourth-order valence-electron chi connectivity index (χ4n) is 6.27. The van der Waals surface area contributed by atoms with Gasteiger partial charge in [0.25, 0.3) is 0 Å². The number of fused-ring (bicyclic) bond motifs is 7. The standard InChI is InChI=1S/C39H24N2O2/c1-2-10-30-25(8-1)9-7-13-31(30)26-16-18-27(19-17-26)41(28-20-21-33-32-11-3-5-14-35(32)42-37(33)22-28)29-23-38-39(40-24-29)34-12-4-6-15-36(34)43-38/h1-24H. The van der Waals surface area contributed by atoms with Crippen molar-refractivity contribution in [3.8, 4) is 11.1 Å². The lowest BCUT2D eigenvalue weighted by Crippen LogP contribution is -2.10. The quantitative estimate of drug-likeness (QED) is 0.218. The summed E-state index contributed by atoms with van der Waals surface area (Å²) in [5.74, 6) is 0. The summed E-state index contributed by atoms with van der Waals surface area (Å²) in [5.41, 5.74) is 9.43. The number of anilines is 3. The maximum absolute atomic E-state index is 6.28. The van der Waals surface area contributed by atoms with Gasteiger partial charge >= 0.3 is 0 Å². The van der Waals surface area contributed by atoms with Gasteiger partial charge in [0.15, 0.2) is 5.58 Å². The topological polar surface area (TPSA) is 42.4 Å². The lowest BCUT2D eigenvalue weighted by Gasteiger charge is -2.25. The molecule has 202 valence electrons. The summed E-state index contributed by atoms with van der Waals surface area (Å²) in [6, 6.07) is 48.4. The molecule has 0 saturated heterocycles. The molecule has 0 bridgehead atoms. The zero-order valence-electron chi connectivity index (χ0n) is 23.1. The number of aromatic nitrogens is 1. The van der Waals surface area contributed by atoms with E-state index in [1.807, 2.05) is 48.7 Å². The first-order valence-corrected chi connectivity index (χ1v) is 14.4. The summed E-state index contributed by atoms with van der Waals surface area (Å²) in [6.07, 6.45) is 1.92. The van der Waals surface area contributed by atoms with Gasteiger partial charge in [-0.05, 0) is 64.4 Å². The van der Waals surface area contributed by atoms with E-state index in [4.69, 9.17) is 13.8 Å². The van der Waals surface area contributed by atoms with E-state index in [-0.39, 0.29) is 0 Å². The lowest BCUT2D eigenvalue weighted by molar-refractivity contribution is 0.668. The molecule has 0 spiro atoms. The van der Waals surface area contributed by atoms with Crippen LogP contribution in [0.15, 0.2) is 155 Å². The Morgan fingerprint density at radius 1 is 0.442 bits per heavy atom. The van der Waals surface area contributed by atoms with Crippen LogP contribution < -0.4 is 4.90 Å². The number of hydrogen-bond acceptors (Lipinski definition) is 4. The van der Waals surface area contributed by atoms with Crippen molar-refractivity contribution in [1.29, 1.82) is 0 Å². The van der Waals surface area contributed by atoms with Gasteiger partial charge in [0.1, 0.15) is 22.3 Å². The summed E-state index contributed by atoms with van der Waals surface area (Å²) in [7, 11) is 0. The van der Waals surface area contributed by atoms with E-state index in [0.717, 1.165) is 61.1 Å². The number of furan rings is 2. The van der Waals surface area contributed by atoms with Gasteiger partial charge in [-0.2, -0.15) is 0 Å². The van der Waals surface area contributed by atoms with E-state index in [0.29, 0.717) is 0 Å². The zero-order chi connectivity index (χ0) is 28.3. The molecule has 0 unspecified atom stereocenters. The van der Waals surface area contributed by atoms with Gasteiger partial charge in [0.2, 0.25) is 0 Å². The minimum absolute atomic E-state index is 0.751. The van der Waals surface area contributed by atoms with Crippen molar-refractivity contribution < 1.29 is 8.83 Å². The molecular formula is C39H24N2O2. The Labute approximate surface area is 247 Å². The van der Waals surface area contributed by atoms with Gasteiger partial charge in [-0.1, -0.05) is 84.9 Å². The van der Waals surface area contributed by atoms with Crippen LogP contribution in [0.1, 0.15) is 0 Å². The van der Waals surface area contributed by atoms with Crippen LogP contribution in [0.3, 0.4) is 0 Å². The average Bonchev–Trinajstić information content (AvgIpc) is 3.62. The number of hydrogen-bond donors (Lipinski definition) is 0. The molecule has 0 atom stereocenters. The largest absolute Gasteiger partial charge is 0.456 e. The Morgan fingerprint density at radius 3 is 1.93 bits per heavy atom. The number of pyridine rings is 1. The fraction of sp³-hybridized carbons (Fsp3) is 0. The van der Waals surface area contributed by atoms with Crippen molar-refractivity contribution in [2.75, 3.05) is 4.90 Å². The molecule has 4 nitrogen and oxygen atoms in total. The smallest absolute Gasteiger partial charge is 0.155 e. The molecule has 43 heavy (non-hydrogen) atoms. The second-order valence-electron chi connectivity index (χ2n) is 10.8. The molecule has 3 heterocycles. The zero-order valence-corrected chi connectivity index (χ0v) is 23.1. The van der Waals surface area contributed by atoms with Crippen molar-refractivity contribution in [3.63, 3.8) is 0 Å². The van der Waals surface area contributed by atoms with E-state index in [1.54, 1.807) is 0 Å². The molecule has 0 aliphatic heterocycles. The Balaban J connectivity index is 1.22. The lowest BCUT2D eigenvalue weighted by atomic mass is 9.98. The van der Waals surface area contributed by atoms with E-state index >= 15 is 0 Å². The molecule has 3 aromatic heterocycles. The maximum Gasteiger partial charge on any atom is 0.155 e. The van der Waals surface area contributed by atoms with Crippen LogP contribution in [0.25, 0.3) is 65.9 Å². The van der Waals surface area contributed by atoms with Crippen LogP contribution in [-0.2, 0) is 0 Å². The molecule has 0 fully saturated rings. The van der Waals surface area contributed by atoms with Crippen molar-refractivity contribution in [3.05, 3.63) is 146 Å². The Kier molecular flexibility index (Phi) is 5.16.